The maximum Gasteiger partial charge on any atom is 0.341 e. The topological polar surface area (TPSA) is 95.5 Å². The van der Waals surface area contributed by atoms with Crippen LogP contribution in [0.1, 0.15) is 33.6 Å². The van der Waals surface area contributed by atoms with Gasteiger partial charge in [0.1, 0.15) is 5.00 Å². The number of aliphatic carboxylic acids is 1. The number of carbonyl (C=O) groups is 3. The number of methoxy groups -OCH3 is 1. The van der Waals surface area contributed by atoms with Gasteiger partial charge in [-0.3, -0.25) is 4.79 Å². The van der Waals surface area contributed by atoms with E-state index in [-0.39, 0.29) is 17.7 Å². The fourth-order valence-electron chi connectivity index (χ4n) is 3.93. The lowest BCUT2D eigenvalue weighted by atomic mass is 9.62. The number of fused-ring (bicyclic) bond motifs is 2. The summed E-state index contributed by atoms with van der Waals surface area (Å²) in [6.07, 6.45) is 5.37. The molecule has 0 spiro atoms. The van der Waals surface area contributed by atoms with Gasteiger partial charge in [-0.25, -0.2) is 4.79 Å². The van der Waals surface area contributed by atoms with E-state index in [4.69, 9.17) is 4.74 Å². The quantitative estimate of drug-likeness (QED) is 0.649. The normalized spacial score (nSPS) is 27.2. The van der Waals surface area contributed by atoms with Gasteiger partial charge in [0.05, 0.1) is 18.6 Å². The number of ether oxygens (including phenoxy) is 1. The first-order valence-electron chi connectivity index (χ1n) is 8.23. The van der Waals surface area contributed by atoms with Crippen molar-refractivity contribution in [2.75, 3.05) is 12.4 Å². The van der Waals surface area contributed by atoms with Crippen molar-refractivity contribution in [2.45, 2.75) is 26.7 Å². The summed E-state index contributed by atoms with van der Waals surface area (Å²) in [5.41, 5.74) is 1.09. The minimum absolute atomic E-state index is 0.114. The van der Waals surface area contributed by atoms with Crippen LogP contribution in [-0.2, 0) is 14.3 Å². The maximum absolute atomic E-state index is 12.9. The highest BCUT2D eigenvalue weighted by Crippen LogP contribution is 2.45. The molecule has 1 aromatic heterocycles. The third-order valence-electron chi connectivity index (χ3n) is 5.33. The van der Waals surface area contributed by atoms with Crippen molar-refractivity contribution < 1.29 is 24.2 Å². The van der Waals surface area contributed by atoms with E-state index >= 15 is 0 Å². The Kier molecular flexibility index (Phi) is 4.69. The van der Waals surface area contributed by atoms with E-state index in [1.165, 1.54) is 18.4 Å². The molecule has 1 amide bonds. The predicted molar refractivity (Wildman–Crippen MR) is 91.1 cm³/mol. The lowest BCUT2D eigenvalue weighted by Gasteiger charge is -2.44. The molecule has 6 nitrogen and oxygen atoms in total. The fraction of sp³-hybridized carbons (Fsp3) is 0.500. The van der Waals surface area contributed by atoms with Crippen molar-refractivity contribution >= 4 is 34.2 Å². The highest BCUT2D eigenvalue weighted by atomic mass is 32.1. The molecule has 4 rings (SSSR count). The number of aryl methyl sites for hydroxylation is 1. The number of allylic oxidation sites excluding steroid dienone is 2. The van der Waals surface area contributed by atoms with Crippen LogP contribution in [0, 0.1) is 37.5 Å². The van der Waals surface area contributed by atoms with E-state index < -0.39 is 23.8 Å². The molecule has 0 aromatic carbocycles. The molecule has 0 aliphatic heterocycles. The molecule has 3 aliphatic rings. The van der Waals surface area contributed by atoms with Gasteiger partial charge in [0.15, 0.2) is 0 Å². The van der Waals surface area contributed by atoms with Crippen LogP contribution >= 0.6 is 11.3 Å². The Hall–Kier alpha value is -2.15. The number of hydrogen-bond acceptors (Lipinski definition) is 6. The monoisotopic (exact) mass is 362 g/mol. The van der Waals surface area contributed by atoms with Crippen molar-refractivity contribution in [1.82, 2.24) is 0 Å². The molecule has 7 heteroatoms. The maximum atomic E-state index is 12.9. The average molecular weight is 362 g/mol. The number of rotatable bonds is 4. The molecule has 0 unspecified atom stereocenters. The summed E-state index contributed by atoms with van der Waals surface area (Å²) in [5.74, 6) is -3.87. The summed E-state index contributed by atoms with van der Waals surface area (Å²) in [6, 6.07) is 0. The second-order valence-electron chi connectivity index (χ2n) is 6.63. The molecular weight excluding hydrogens is 342 g/mol. The van der Waals surface area contributed by atoms with Gasteiger partial charge < -0.3 is 20.0 Å². The highest BCUT2D eigenvalue weighted by Gasteiger charge is 2.45. The molecule has 0 radical (unpaired) electrons. The largest absolute Gasteiger partial charge is 0.550 e. The summed E-state index contributed by atoms with van der Waals surface area (Å²) in [7, 11) is 1.29. The number of carboxylic acids is 1. The van der Waals surface area contributed by atoms with Crippen LogP contribution in [0.15, 0.2) is 12.2 Å². The third-order valence-corrected chi connectivity index (χ3v) is 6.46. The van der Waals surface area contributed by atoms with Crippen molar-refractivity contribution in [3.63, 3.8) is 0 Å². The van der Waals surface area contributed by atoms with Crippen LogP contribution in [0.4, 0.5) is 5.00 Å². The Morgan fingerprint density at radius 2 is 1.76 bits per heavy atom. The van der Waals surface area contributed by atoms with E-state index in [0.717, 1.165) is 23.3 Å². The smallest absolute Gasteiger partial charge is 0.341 e. The summed E-state index contributed by atoms with van der Waals surface area (Å²) >= 11 is 1.29. The van der Waals surface area contributed by atoms with Crippen LogP contribution in [0.2, 0.25) is 0 Å². The third kappa shape index (κ3) is 2.97. The number of hydrogen-bond donors (Lipinski definition) is 1. The first-order valence-corrected chi connectivity index (χ1v) is 9.05. The molecule has 25 heavy (non-hydrogen) atoms. The van der Waals surface area contributed by atoms with Crippen molar-refractivity contribution in [3.8, 4) is 0 Å². The second-order valence-corrected chi connectivity index (χ2v) is 7.85. The summed E-state index contributed by atoms with van der Waals surface area (Å²) in [5, 5.41) is 14.8. The van der Waals surface area contributed by atoms with Gasteiger partial charge in [-0.2, -0.15) is 0 Å². The van der Waals surface area contributed by atoms with Gasteiger partial charge in [-0.15, -0.1) is 11.3 Å². The van der Waals surface area contributed by atoms with Crippen LogP contribution < -0.4 is 10.4 Å². The van der Waals surface area contributed by atoms with E-state index in [1.807, 2.05) is 19.1 Å². The predicted octanol–water partition coefficient (Wildman–Crippen LogP) is 1.67. The number of anilines is 1. The molecular formula is C18H20NO5S-. The Balaban J connectivity index is 1.90. The first kappa shape index (κ1) is 17.7. The molecule has 1 N–H and O–H groups in total. The molecule has 4 atom stereocenters. The van der Waals surface area contributed by atoms with E-state index in [9.17, 15) is 19.5 Å². The average Bonchev–Trinajstić information content (AvgIpc) is 2.88. The molecule has 1 aromatic rings. The van der Waals surface area contributed by atoms with Gasteiger partial charge in [-0.05, 0) is 44.1 Å². The standard InChI is InChI=1S/C18H21NO5S/c1-8-9(2)25-16(12(8)18(23)24-3)19-15(20)13-10-4-6-11(7-5-10)14(13)17(21)22/h4,6,10-11,13-14H,5,7H2,1-3H3,(H,19,20)(H,21,22)/p-1/t10-,11-,13-,14-/m0/s1. The molecule has 2 bridgehead atoms. The Labute approximate surface area is 149 Å². The second kappa shape index (κ2) is 6.63. The van der Waals surface area contributed by atoms with Crippen molar-refractivity contribution in [3.05, 3.63) is 28.2 Å². The zero-order chi connectivity index (χ0) is 18.3. The van der Waals surface area contributed by atoms with E-state index in [1.54, 1.807) is 6.92 Å². The molecule has 1 heterocycles. The number of carboxylic acid groups (broad SMARTS) is 1. The van der Waals surface area contributed by atoms with E-state index in [2.05, 4.69) is 5.32 Å². The lowest BCUT2D eigenvalue weighted by molar-refractivity contribution is -0.316. The van der Waals surface area contributed by atoms with Crippen LogP contribution in [0.3, 0.4) is 0 Å². The summed E-state index contributed by atoms with van der Waals surface area (Å²) < 4.78 is 4.81. The zero-order valence-electron chi connectivity index (χ0n) is 14.3. The highest BCUT2D eigenvalue weighted by molar-refractivity contribution is 7.16. The summed E-state index contributed by atoms with van der Waals surface area (Å²) in [4.78, 5) is 37.4. The number of amides is 1. The lowest BCUT2D eigenvalue weighted by Crippen LogP contribution is -2.51. The van der Waals surface area contributed by atoms with Crippen LogP contribution in [-0.4, -0.2) is 25.0 Å². The minimum atomic E-state index is -1.19. The van der Waals surface area contributed by atoms with Gasteiger partial charge >= 0.3 is 5.97 Å². The molecule has 0 saturated heterocycles. The Morgan fingerprint density at radius 1 is 1.16 bits per heavy atom. The fourth-order valence-corrected chi connectivity index (χ4v) is 4.98. The number of esters is 1. The van der Waals surface area contributed by atoms with Gasteiger partial charge in [-0.1, -0.05) is 12.2 Å². The first-order chi connectivity index (χ1) is 11.8. The van der Waals surface area contributed by atoms with Gasteiger partial charge in [0, 0.05) is 16.8 Å². The molecule has 1 fully saturated rings. The molecule has 3 aliphatic carbocycles. The number of nitrogens with one attached hydrogen (secondary N) is 1. The Morgan fingerprint density at radius 3 is 2.28 bits per heavy atom. The summed E-state index contributed by atoms with van der Waals surface area (Å²) in [6.45, 7) is 3.65. The molecule has 134 valence electrons. The van der Waals surface area contributed by atoms with Crippen molar-refractivity contribution in [2.24, 2.45) is 23.7 Å². The van der Waals surface area contributed by atoms with E-state index in [0.29, 0.717) is 10.6 Å². The van der Waals surface area contributed by atoms with Crippen LogP contribution in [0.5, 0.6) is 0 Å². The molecule has 1 saturated carbocycles. The number of thiophene rings is 1. The van der Waals surface area contributed by atoms with Crippen LogP contribution in [0.25, 0.3) is 0 Å². The SMILES string of the molecule is COC(=O)c1c(NC(=O)[C@@H]2[C@@H](C(=O)[O-])[C@H]3C=C[C@H]2CC3)sc(C)c1C. The van der Waals surface area contributed by atoms with Gasteiger partial charge in [0.2, 0.25) is 5.91 Å². The zero-order valence-corrected chi connectivity index (χ0v) is 15.1. The number of carbonyl (C=O) groups excluding carboxylic acids is 3. The minimum Gasteiger partial charge on any atom is -0.550 e. The Bertz CT molecular complexity index is 766. The van der Waals surface area contributed by atoms with Crippen molar-refractivity contribution in [1.29, 1.82) is 0 Å². The van der Waals surface area contributed by atoms with Gasteiger partial charge in [0.25, 0.3) is 0 Å².